The lowest BCUT2D eigenvalue weighted by Gasteiger charge is -2.32. The van der Waals surface area contributed by atoms with Crippen LogP contribution in [0.25, 0.3) is 5.65 Å². The number of carbonyl (C=O) groups is 2. The molecule has 3 aliphatic rings. The topological polar surface area (TPSA) is 97.6 Å². The fourth-order valence-corrected chi connectivity index (χ4v) is 5.31. The van der Waals surface area contributed by atoms with Crippen molar-refractivity contribution in [2.24, 2.45) is 0 Å². The molecule has 0 bridgehead atoms. The number of ether oxygens (including phenoxy) is 3. The third-order valence-electron chi connectivity index (χ3n) is 7.07. The van der Waals surface area contributed by atoms with Crippen molar-refractivity contribution in [3.05, 3.63) is 47.7 Å². The van der Waals surface area contributed by atoms with Crippen LogP contribution in [0.15, 0.2) is 30.6 Å². The fourth-order valence-electron chi connectivity index (χ4n) is 5.31. The van der Waals surface area contributed by atoms with Gasteiger partial charge in [0, 0.05) is 37.6 Å². The van der Waals surface area contributed by atoms with Crippen molar-refractivity contribution in [3.8, 4) is 11.5 Å². The Bertz CT molecular complexity index is 1460. The van der Waals surface area contributed by atoms with Gasteiger partial charge in [0.25, 0.3) is 5.91 Å². The number of nitrogens with zero attached hydrogens (tertiary/aromatic N) is 4. The lowest BCUT2D eigenvalue weighted by Crippen LogP contribution is -2.46. The predicted molar refractivity (Wildman–Crippen MR) is 142 cm³/mol. The number of hydrogen-bond donors (Lipinski definition) is 1. The van der Waals surface area contributed by atoms with Crippen LogP contribution in [-0.2, 0) is 4.74 Å². The van der Waals surface area contributed by atoms with Crippen LogP contribution in [0, 0.1) is 12.7 Å². The van der Waals surface area contributed by atoms with Crippen molar-refractivity contribution in [1.82, 2.24) is 14.3 Å². The molecule has 1 unspecified atom stereocenters. The Kier molecular flexibility index (Phi) is 6.04. The molecule has 1 saturated carbocycles. The number of amides is 2. The SMILES string of the molecule is Cc1cn2cc(NC(=O)c3ccc(N4CCC(N(C(=O)OC(C)(C)C)C5CC5)C4)c4c3OCO4)cc(F)c2n1. The van der Waals surface area contributed by atoms with Gasteiger partial charge >= 0.3 is 6.09 Å². The standard InChI is InChI=1S/C28H32FN5O5/c1-16-12-33-13-17(11-21(29)25(33)30-16)31-26(35)20-7-8-22(24-23(20)37-15-38-24)32-10-9-19(14-32)34(18-5-6-18)27(36)39-28(2,3)4/h7-8,11-13,18-19H,5-6,9-10,14-15H2,1-4H3,(H,31,35). The second-order valence-electron chi connectivity index (χ2n) is 11.3. The minimum atomic E-state index is -0.555. The van der Waals surface area contributed by atoms with Crippen LogP contribution in [0.2, 0.25) is 0 Å². The number of rotatable bonds is 5. The maximum absolute atomic E-state index is 14.5. The van der Waals surface area contributed by atoms with E-state index in [4.69, 9.17) is 14.2 Å². The van der Waals surface area contributed by atoms with E-state index in [0.717, 1.165) is 31.5 Å². The lowest BCUT2D eigenvalue weighted by molar-refractivity contribution is 0.0158. The summed E-state index contributed by atoms with van der Waals surface area (Å²) in [5.74, 6) is -0.135. The fraction of sp³-hybridized carbons (Fsp3) is 0.464. The largest absolute Gasteiger partial charge is 0.453 e. The summed E-state index contributed by atoms with van der Waals surface area (Å²) < 4.78 is 33.3. The van der Waals surface area contributed by atoms with Crippen LogP contribution in [0.3, 0.4) is 0 Å². The second-order valence-corrected chi connectivity index (χ2v) is 11.3. The summed E-state index contributed by atoms with van der Waals surface area (Å²) in [5.41, 5.74) is 1.71. The molecule has 11 heteroatoms. The summed E-state index contributed by atoms with van der Waals surface area (Å²) >= 11 is 0. The van der Waals surface area contributed by atoms with Gasteiger partial charge in [-0.1, -0.05) is 0 Å². The van der Waals surface area contributed by atoms with E-state index in [2.05, 4.69) is 15.2 Å². The first-order valence-corrected chi connectivity index (χ1v) is 13.2. The normalized spacial score (nSPS) is 18.5. The van der Waals surface area contributed by atoms with Crippen LogP contribution in [0.1, 0.15) is 56.1 Å². The van der Waals surface area contributed by atoms with Crippen molar-refractivity contribution in [3.63, 3.8) is 0 Å². The molecule has 1 N–H and O–H groups in total. The smallest absolute Gasteiger partial charge is 0.410 e. The summed E-state index contributed by atoms with van der Waals surface area (Å²) in [6.07, 6.45) is 5.81. The first-order valence-electron chi connectivity index (χ1n) is 13.2. The zero-order chi connectivity index (χ0) is 27.5. The van der Waals surface area contributed by atoms with Gasteiger partial charge in [0.05, 0.1) is 28.7 Å². The Morgan fingerprint density at radius 1 is 1.13 bits per heavy atom. The zero-order valence-electron chi connectivity index (χ0n) is 22.5. The number of benzene rings is 1. The molecule has 3 aromatic rings. The molecule has 2 amide bonds. The Labute approximate surface area is 225 Å². The van der Waals surface area contributed by atoms with Gasteiger partial charge in [-0.3, -0.25) is 4.79 Å². The predicted octanol–water partition coefficient (Wildman–Crippen LogP) is 4.74. The quantitative estimate of drug-likeness (QED) is 0.502. The molecule has 1 saturated heterocycles. The van der Waals surface area contributed by atoms with Gasteiger partial charge in [0.1, 0.15) is 5.60 Å². The Hall–Kier alpha value is -4.02. The van der Waals surface area contributed by atoms with Crippen molar-refractivity contribution >= 4 is 29.0 Å². The van der Waals surface area contributed by atoms with Crippen LogP contribution < -0.4 is 19.7 Å². The van der Waals surface area contributed by atoms with Gasteiger partial charge in [-0.2, -0.15) is 0 Å². The molecule has 0 radical (unpaired) electrons. The zero-order valence-corrected chi connectivity index (χ0v) is 22.5. The number of imidazole rings is 1. The summed E-state index contributed by atoms with van der Waals surface area (Å²) in [6.45, 7) is 8.75. The molecule has 39 heavy (non-hydrogen) atoms. The van der Waals surface area contributed by atoms with E-state index in [1.807, 2.05) is 31.7 Å². The van der Waals surface area contributed by atoms with Gasteiger partial charge < -0.3 is 33.7 Å². The van der Waals surface area contributed by atoms with Crippen molar-refractivity contribution in [1.29, 1.82) is 0 Å². The first kappa shape index (κ1) is 25.3. The van der Waals surface area contributed by atoms with Crippen molar-refractivity contribution in [2.45, 2.75) is 64.6 Å². The second kappa shape index (κ2) is 9.32. The van der Waals surface area contributed by atoms with E-state index in [-0.39, 0.29) is 36.2 Å². The molecule has 1 aromatic carbocycles. The van der Waals surface area contributed by atoms with E-state index in [0.29, 0.717) is 29.4 Å². The summed E-state index contributed by atoms with van der Waals surface area (Å²) in [4.78, 5) is 34.4. The average molecular weight is 538 g/mol. The number of anilines is 2. The number of carbonyl (C=O) groups excluding carboxylic acids is 2. The molecule has 2 fully saturated rings. The third-order valence-corrected chi connectivity index (χ3v) is 7.07. The molecule has 0 spiro atoms. The highest BCUT2D eigenvalue weighted by Crippen LogP contribution is 2.45. The summed E-state index contributed by atoms with van der Waals surface area (Å²) in [6, 6.07) is 5.00. The lowest BCUT2D eigenvalue weighted by atomic mass is 10.1. The summed E-state index contributed by atoms with van der Waals surface area (Å²) in [7, 11) is 0. The minimum absolute atomic E-state index is 0.00902. The molecule has 6 rings (SSSR count). The van der Waals surface area contributed by atoms with Crippen molar-refractivity contribution < 1.29 is 28.2 Å². The van der Waals surface area contributed by atoms with E-state index in [1.54, 1.807) is 29.8 Å². The molecule has 10 nitrogen and oxygen atoms in total. The molecule has 2 aromatic heterocycles. The van der Waals surface area contributed by atoms with Gasteiger partial charge in [-0.05, 0) is 59.1 Å². The Morgan fingerprint density at radius 3 is 2.64 bits per heavy atom. The third kappa shape index (κ3) is 4.93. The first-order chi connectivity index (χ1) is 18.6. The maximum atomic E-state index is 14.5. The van der Waals surface area contributed by atoms with Gasteiger partial charge in [0.2, 0.25) is 6.79 Å². The highest BCUT2D eigenvalue weighted by atomic mass is 19.1. The van der Waals surface area contributed by atoms with Crippen molar-refractivity contribution in [2.75, 3.05) is 30.1 Å². The number of fused-ring (bicyclic) bond motifs is 2. The minimum Gasteiger partial charge on any atom is -0.453 e. The average Bonchev–Trinajstić information content (AvgIpc) is 3.22. The van der Waals surface area contributed by atoms with E-state index < -0.39 is 17.3 Å². The number of pyridine rings is 1. The van der Waals surface area contributed by atoms with Gasteiger partial charge in [-0.25, -0.2) is 14.2 Å². The van der Waals surface area contributed by atoms with E-state index in [1.165, 1.54) is 6.07 Å². The van der Waals surface area contributed by atoms with Crippen LogP contribution in [-0.4, -0.2) is 63.9 Å². The molecular weight excluding hydrogens is 505 g/mol. The maximum Gasteiger partial charge on any atom is 0.410 e. The van der Waals surface area contributed by atoms with Crippen LogP contribution in [0.5, 0.6) is 11.5 Å². The number of halogens is 1. The van der Waals surface area contributed by atoms with Gasteiger partial charge in [-0.15, -0.1) is 0 Å². The highest BCUT2D eigenvalue weighted by molar-refractivity contribution is 6.07. The Balaban J connectivity index is 1.21. The molecule has 1 aliphatic carbocycles. The van der Waals surface area contributed by atoms with Gasteiger partial charge in [0.15, 0.2) is 23.0 Å². The highest BCUT2D eigenvalue weighted by Gasteiger charge is 2.43. The Morgan fingerprint density at radius 2 is 1.90 bits per heavy atom. The van der Waals surface area contributed by atoms with E-state index in [9.17, 15) is 14.0 Å². The van der Waals surface area contributed by atoms with E-state index >= 15 is 0 Å². The molecule has 206 valence electrons. The number of nitrogens with one attached hydrogen (secondary N) is 1. The number of aryl methyl sites for hydroxylation is 1. The molecule has 4 heterocycles. The number of hydrogen-bond acceptors (Lipinski definition) is 7. The number of aromatic nitrogens is 2. The summed E-state index contributed by atoms with van der Waals surface area (Å²) in [5, 5.41) is 2.76. The monoisotopic (exact) mass is 537 g/mol. The molecule has 2 aliphatic heterocycles. The van der Waals surface area contributed by atoms with Crippen LogP contribution >= 0.6 is 0 Å². The van der Waals surface area contributed by atoms with Crippen LogP contribution in [0.4, 0.5) is 20.6 Å². The molecular formula is C28H32FN5O5. The molecule has 1 atom stereocenters.